The Bertz CT molecular complexity index is 572. The third kappa shape index (κ3) is 2.86. The molecule has 1 aromatic heterocycles. The Hall–Kier alpha value is -0.910. The molecule has 0 unspecified atom stereocenters. The van der Waals surface area contributed by atoms with Crippen LogP contribution < -0.4 is 5.32 Å². The summed E-state index contributed by atoms with van der Waals surface area (Å²) in [4.78, 5) is 12.2. The first-order chi connectivity index (χ1) is 8.08. The Balaban J connectivity index is 2.24. The first-order valence-corrected chi connectivity index (χ1v) is 6.62. The monoisotopic (exact) mass is 333 g/mol. The number of halogens is 3. The maximum absolute atomic E-state index is 13.0. The lowest BCUT2D eigenvalue weighted by Gasteiger charge is -2.06. The van der Waals surface area contributed by atoms with Crippen LogP contribution in [0.5, 0.6) is 0 Å². The molecule has 1 aromatic carbocycles. The van der Waals surface area contributed by atoms with Gasteiger partial charge in [-0.15, -0.1) is 11.3 Å². The van der Waals surface area contributed by atoms with E-state index in [1.54, 1.807) is 11.4 Å². The Kier molecular flexibility index (Phi) is 3.81. The Labute approximate surface area is 115 Å². The van der Waals surface area contributed by atoms with Crippen LogP contribution >= 0.6 is 38.9 Å². The van der Waals surface area contributed by atoms with Gasteiger partial charge in [0, 0.05) is 4.47 Å². The zero-order valence-electron chi connectivity index (χ0n) is 8.34. The SMILES string of the molecule is O=C(Nc1cc(F)ccc1Br)c1sccc1Cl. The molecule has 1 heterocycles. The largest absolute Gasteiger partial charge is 0.320 e. The van der Waals surface area contributed by atoms with Crippen LogP contribution in [0.3, 0.4) is 0 Å². The number of hydrogen-bond acceptors (Lipinski definition) is 2. The predicted molar refractivity (Wildman–Crippen MR) is 71.4 cm³/mol. The van der Waals surface area contributed by atoms with Gasteiger partial charge in [-0.3, -0.25) is 4.79 Å². The standard InChI is InChI=1S/C11H6BrClFNOS/c12-7-2-1-6(14)5-9(7)15-11(16)10-8(13)3-4-17-10/h1-5H,(H,15,16). The predicted octanol–water partition coefficient (Wildman–Crippen LogP) is 4.56. The molecule has 2 rings (SSSR count). The molecule has 0 aliphatic heterocycles. The molecule has 6 heteroatoms. The average Bonchev–Trinajstić information content (AvgIpc) is 2.70. The number of carbonyl (C=O) groups excluding carboxylic acids is 1. The molecule has 0 fully saturated rings. The first-order valence-electron chi connectivity index (χ1n) is 4.57. The fourth-order valence-corrected chi connectivity index (χ4v) is 2.61. The summed E-state index contributed by atoms with van der Waals surface area (Å²) in [5, 5.41) is 4.70. The van der Waals surface area contributed by atoms with Crippen LogP contribution in [0.2, 0.25) is 5.02 Å². The van der Waals surface area contributed by atoms with Crippen molar-refractivity contribution in [1.82, 2.24) is 0 Å². The number of carbonyl (C=O) groups is 1. The van der Waals surface area contributed by atoms with Gasteiger partial charge in [-0.2, -0.15) is 0 Å². The summed E-state index contributed by atoms with van der Waals surface area (Å²) in [5.41, 5.74) is 0.375. The van der Waals surface area contributed by atoms with Crippen LogP contribution in [0, 0.1) is 5.82 Å². The number of rotatable bonds is 2. The normalized spacial score (nSPS) is 10.3. The fraction of sp³-hybridized carbons (Fsp3) is 0. The van der Waals surface area contributed by atoms with Gasteiger partial charge in [-0.1, -0.05) is 11.6 Å². The summed E-state index contributed by atoms with van der Waals surface area (Å²) in [6.07, 6.45) is 0. The number of hydrogen-bond donors (Lipinski definition) is 1. The fourth-order valence-electron chi connectivity index (χ4n) is 1.23. The third-order valence-electron chi connectivity index (χ3n) is 2.00. The summed E-state index contributed by atoms with van der Waals surface area (Å²) in [6, 6.07) is 5.71. The molecular formula is C11H6BrClFNOS. The molecular weight excluding hydrogens is 329 g/mol. The van der Waals surface area contributed by atoms with Crippen LogP contribution in [-0.4, -0.2) is 5.91 Å². The minimum Gasteiger partial charge on any atom is -0.320 e. The van der Waals surface area contributed by atoms with E-state index in [1.165, 1.54) is 29.5 Å². The van der Waals surface area contributed by atoms with Crippen molar-refractivity contribution in [1.29, 1.82) is 0 Å². The molecule has 17 heavy (non-hydrogen) atoms. The van der Waals surface area contributed by atoms with Crippen LogP contribution in [0.15, 0.2) is 34.1 Å². The maximum atomic E-state index is 13.0. The van der Waals surface area contributed by atoms with Crippen LogP contribution in [-0.2, 0) is 0 Å². The Morgan fingerprint density at radius 1 is 1.41 bits per heavy atom. The van der Waals surface area contributed by atoms with Crippen LogP contribution in [0.25, 0.3) is 0 Å². The molecule has 0 saturated heterocycles. The van der Waals surface area contributed by atoms with Crippen molar-refractivity contribution in [2.75, 3.05) is 5.32 Å². The smallest absolute Gasteiger partial charge is 0.267 e. The van der Waals surface area contributed by atoms with Crippen molar-refractivity contribution >= 4 is 50.5 Å². The summed E-state index contributed by atoms with van der Waals surface area (Å²) in [6.45, 7) is 0. The number of anilines is 1. The summed E-state index contributed by atoms with van der Waals surface area (Å²) < 4.78 is 13.6. The second-order valence-electron chi connectivity index (χ2n) is 3.18. The summed E-state index contributed by atoms with van der Waals surface area (Å²) >= 11 is 10.3. The van der Waals surface area contributed by atoms with Crippen molar-refractivity contribution in [2.45, 2.75) is 0 Å². The second-order valence-corrected chi connectivity index (χ2v) is 5.35. The number of thiophene rings is 1. The lowest BCUT2D eigenvalue weighted by Crippen LogP contribution is -2.11. The molecule has 1 N–H and O–H groups in total. The van der Waals surface area contributed by atoms with Crippen molar-refractivity contribution in [2.24, 2.45) is 0 Å². The van der Waals surface area contributed by atoms with E-state index in [-0.39, 0.29) is 5.91 Å². The van der Waals surface area contributed by atoms with E-state index in [0.717, 1.165) is 0 Å². The molecule has 0 atom stereocenters. The van der Waals surface area contributed by atoms with Gasteiger partial charge in [0.05, 0.1) is 10.7 Å². The van der Waals surface area contributed by atoms with Gasteiger partial charge in [0.1, 0.15) is 10.7 Å². The van der Waals surface area contributed by atoms with Crippen LogP contribution in [0.1, 0.15) is 9.67 Å². The van der Waals surface area contributed by atoms with E-state index in [1.807, 2.05) is 0 Å². The topological polar surface area (TPSA) is 29.1 Å². The molecule has 0 aliphatic carbocycles. The molecule has 0 spiro atoms. The summed E-state index contributed by atoms with van der Waals surface area (Å²) in [7, 11) is 0. The van der Waals surface area contributed by atoms with Gasteiger partial charge >= 0.3 is 0 Å². The highest BCUT2D eigenvalue weighted by Gasteiger charge is 2.13. The van der Waals surface area contributed by atoms with Gasteiger partial charge in [0.15, 0.2) is 0 Å². The van der Waals surface area contributed by atoms with Gasteiger partial charge in [0.25, 0.3) is 5.91 Å². The van der Waals surface area contributed by atoms with Gasteiger partial charge in [-0.25, -0.2) is 4.39 Å². The molecule has 0 radical (unpaired) electrons. The third-order valence-corrected chi connectivity index (χ3v) is 4.03. The van der Waals surface area contributed by atoms with Gasteiger partial charge in [0.2, 0.25) is 0 Å². The molecule has 2 aromatic rings. The van der Waals surface area contributed by atoms with Gasteiger partial charge in [-0.05, 0) is 45.6 Å². The van der Waals surface area contributed by atoms with Crippen molar-refractivity contribution in [3.63, 3.8) is 0 Å². The molecule has 0 saturated carbocycles. The van der Waals surface area contributed by atoms with E-state index < -0.39 is 5.82 Å². The average molecular weight is 335 g/mol. The molecule has 0 bridgehead atoms. The highest BCUT2D eigenvalue weighted by atomic mass is 79.9. The highest BCUT2D eigenvalue weighted by molar-refractivity contribution is 9.10. The van der Waals surface area contributed by atoms with E-state index in [4.69, 9.17) is 11.6 Å². The molecule has 88 valence electrons. The lowest BCUT2D eigenvalue weighted by molar-refractivity contribution is 0.103. The second kappa shape index (κ2) is 5.16. The van der Waals surface area contributed by atoms with Crippen molar-refractivity contribution in [3.8, 4) is 0 Å². The quantitative estimate of drug-likeness (QED) is 0.857. The molecule has 0 aliphatic rings. The molecule has 2 nitrogen and oxygen atoms in total. The van der Waals surface area contributed by atoms with Gasteiger partial charge < -0.3 is 5.32 Å². The number of nitrogens with one attached hydrogen (secondary N) is 1. The minimum absolute atomic E-state index is 0.351. The molecule has 1 amide bonds. The van der Waals surface area contributed by atoms with E-state index in [0.29, 0.717) is 20.1 Å². The highest BCUT2D eigenvalue weighted by Crippen LogP contribution is 2.26. The zero-order chi connectivity index (χ0) is 12.4. The van der Waals surface area contributed by atoms with E-state index >= 15 is 0 Å². The van der Waals surface area contributed by atoms with Crippen molar-refractivity contribution < 1.29 is 9.18 Å². The van der Waals surface area contributed by atoms with E-state index in [2.05, 4.69) is 21.2 Å². The Morgan fingerprint density at radius 3 is 2.82 bits per heavy atom. The van der Waals surface area contributed by atoms with E-state index in [9.17, 15) is 9.18 Å². The maximum Gasteiger partial charge on any atom is 0.267 e. The lowest BCUT2D eigenvalue weighted by atomic mass is 10.3. The van der Waals surface area contributed by atoms with Crippen LogP contribution in [0.4, 0.5) is 10.1 Å². The summed E-state index contributed by atoms with van der Waals surface area (Å²) in [5.74, 6) is -0.767. The number of amides is 1. The minimum atomic E-state index is -0.416. The van der Waals surface area contributed by atoms with Crippen molar-refractivity contribution in [3.05, 3.63) is 49.8 Å². The Morgan fingerprint density at radius 2 is 2.18 bits per heavy atom. The zero-order valence-corrected chi connectivity index (χ0v) is 11.5. The first kappa shape index (κ1) is 12.5. The number of benzene rings is 1.